The maximum absolute atomic E-state index is 12.1. The molecule has 0 aromatic heterocycles. The molecule has 0 aliphatic carbocycles. The number of nitro groups is 2. The molecule has 2 aromatic carbocycles. The van der Waals surface area contributed by atoms with Gasteiger partial charge >= 0.3 is 5.69 Å². The van der Waals surface area contributed by atoms with Gasteiger partial charge in [0.15, 0.2) is 0 Å². The molecule has 0 spiro atoms. The zero-order chi connectivity index (χ0) is 18.6. The van der Waals surface area contributed by atoms with Crippen LogP contribution in [0.2, 0.25) is 0 Å². The lowest BCUT2D eigenvalue weighted by Gasteiger charge is -2.06. The van der Waals surface area contributed by atoms with Crippen LogP contribution in [-0.4, -0.2) is 19.5 Å². The maximum Gasteiger partial charge on any atom is 0.318 e. The average Bonchev–Trinajstić information content (AvgIpc) is 2.55. The number of nitrogens with zero attached hydrogens (tertiary/aromatic N) is 2. The van der Waals surface area contributed by atoms with Gasteiger partial charge in [0.1, 0.15) is 11.2 Å². The number of phenols is 1. The van der Waals surface area contributed by atoms with Gasteiger partial charge in [0, 0.05) is 21.7 Å². The third kappa shape index (κ3) is 5.02. The first-order valence-corrected chi connectivity index (χ1v) is 8.91. The number of non-ortho nitro benzene ring substituents is 1. The highest BCUT2D eigenvalue weighted by atomic mass is 79.9. The summed E-state index contributed by atoms with van der Waals surface area (Å²) in [5.74, 6) is -0.519. The highest BCUT2D eigenvalue weighted by Crippen LogP contribution is 2.35. The SMILES string of the molecule is O=[N+]([O-])c1cc(C=C[S+]([O-])Cc2ccc(Br)cc2)c(O)c([N+](=O)[O-])c1. The van der Waals surface area contributed by atoms with Crippen molar-refractivity contribution in [2.24, 2.45) is 0 Å². The molecule has 130 valence electrons. The van der Waals surface area contributed by atoms with Crippen LogP contribution in [0.1, 0.15) is 11.1 Å². The number of hydrogen-bond donors (Lipinski definition) is 1. The van der Waals surface area contributed by atoms with Crippen LogP contribution in [0.5, 0.6) is 5.75 Å². The molecule has 0 bridgehead atoms. The van der Waals surface area contributed by atoms with Crippen LogP contribution in [-0.2, 0) is 16.9 Å². The van der Waals surface area contributed by atoms with Gasteiger partial charge in [0.05, 0.1) is 15.9 Å². The molecule has 0 fully saturated rings. The minimum absolute atomic E-state index is 0.148. The number of halogens is 1. The minimum Gasteiger partial charge on any atom is -0.612 e. The fourth-order valence-electron chi connectivity index (χ4n) is 1.94. The second kappa shape index (κ2) is 8.10. The van der Waals surface area contributed by atoms with Gasteiger partial charge in [-0.2, -0.15) is 0 Å². The summed E-state index contributed by atoms with van der Waals surface area (Å²) in [6, 6.07) is 8.82. The number of aromatic hydroxyl groups is 1. The fourth-order valence-corrected chi connectivity index (χ4v) is 3.12. The van der Waals surface area contributed by atoms with E-state index < -0.39 is 38.1 Å². The molecule has 8 nitrogen and oxygen atoms in total. The zero-order valence-corrected chi connectivity index (χ0v) is 14.9. The molecule has 2 aromatic rings. The van der Waals surface area contributed by atoms with E-state index in [0.717, 1.165) is 16.1 Å². The van der Waals surface area contributed by atoms with E-state index in [2.05, 4.69) is 15.9 Å². The van der Waals surface area contributed by atoms with E-state index in [0.29, 0.717) is 6.07 Å². The largest absolute Gasteiger partial charge is 0.612 e. The molecular formula is C15H11BrN2O6S. The van der Waals surface area contributed by atoms with Gasteiger partial charge in [-0.15, -0.1) is 0 Å². The predicted molar refractivity (Wildman–Crippen MR) is 96.4 cm³/mol. The van der Waals surface area contributed by atoms with Crippen molar-refractivity contribution in [3.8, 4) is 5.75 Å². The van der Waals surface area contributed by atoms with Crippen LogP contribution in [0.25, 0.3) is 6.08 Å². The Balaban J connectivity index is 2.25. The summed E-state index contributed by atoms with van der Waals surface area (Å²) in [6.07, 6.45) is 1.17. The summed E-state index contributed by atoms with van der Waals surface area (Å²) in [7, 11) is 0. The molecule has 2 rings (SSSR count). The lowest BCUT2D eigenvalue weighted by atomic mass is 10.1. The van der Waals surface area contributed by atoms with E-state index in [-0.39, 0.29) is 11.3 Å². The van der Waals surface area contributed by atoms with E-state index in [9.17, 15) is 29.9 Å². The third-order valence-electron chi connectivity index (χ3n) is 3.13. The first-order chi connectivity index (χ1) is 11.8. The van der Waals surface area contributed by atoms with Gasteiger partial charge in [-0.25, -0.2) is 0 Å². The van der Waals surface area contributed by atoms with Crippen molar-refractivity contribution in [1.29, 1.82) is 0 Å². The summed E-state index contributed by atoms with van der Waals surface area (Å²) >= 11 is 1.82. The minimum atomic E-state index is -1.47. The Bertz CT molecular complexity index is 841. The van der Waals surface area contributed by atoms with Crippen molar-refractivity contribution in [3.05, 3.63) is 77.6 Å². The van der Waals surface area contributed by atoms with Crippen molar-refractivity contribution in [2.45, 2.75) is 5.75 Å². The van der Waals surface area contributed by atoms with E-state index in [1.807, 2.05) is 0 Å². The fraction of sp³-hybridized carbons (Fsp3) is 0.0667. The van der Waals surface area contributed by atoms with Gasteiger partial charge in [0.2, 0.25) is 5.75 Å². The van der Waals surface area contributed by atoms with Crippen LogP contribution >= 0.6 is 15.9 Å². The Labute approximate surface area is 153 Å². The Morgan fingerprint density at radius 3 is 2.32 bits per heavy atom. The van der Waals surface area contributed by atoms with Crippen LogP contribution < -0.4 is 0 Å². The second-order valence-electron chi connectivity index (χ2n) is 4.87. The number of nitro benzene ring substituents is 2. The van der Waals surface area contributed by atoms with Crippen LogP contribution in [0.15, 0.2) is 46.3 Å². The van der Waals surface area contributed by atoms with Crippen molar-refractivity contribution in [3.63, 3.8) is 0 Å². The quantitative estimate of drug-likeness (QED) is 0.423. The molecule has 0 aliphatic rings. The van der Waals surface area contributed by atoms with E-state index in [4.69, 9.17) is 0 Å². The molecule has 1 unspecified atom stereocenters. The number of rotatable bonds is 6. The van der Waals surface area contributed by atoms with Gasteiger partial charge in [-0.1, -0.05) is 28.1 Å². The molecule has 10 heteroatoms. The lowest BCUT2D eigenvalue weighted by Crippen LogP contribution is -2.00. The van der Waals surface area contributed by atoms with E-state index >= 15 is 0 Å². The van der Waals surface area contributed by atoms with Crippen molar-refractivity contribution >= 4 is 44.6 Å². The molecule has 0 amide bonds. The molecule has 0 saturated heterocycles. The van der Waals surface area contributed by atoms with E-state index in [1.54, 1.807) is 24.3 Å². The Morgan fingerprint density at radius 2 is 1.76 bits per heavy atom. The zero-order valence-electron chi connectivity index (χ0n) is 12.5. The summed E-state index contributed by atoms with van der Waals surface area (Å²) in [4.78, 5) is 20.0. The monoisotopic (exact) mass is 426 g/mol. The maximum atomic E-state index is 12.1. The molecule has 25 heavy (non-hydrogen) atoms. The Morgan fingerprint density at radius 1 is 1.12 bits per heavy atom. The highest BCUT2D eigenvalue weighted by molar-refractivity contribution is 9.10. The summed E-state index contributed by atoms with van der Waals surface area (Å²) in [6.45, 7) is 0. The predicted octanol–water partition coefficient (Wildman–Crippen LogP) is 3.89. The Kier molecular flexibility index (Phi) is 6.12. The third-order valence-corrected chi connectivity index (χ3v) is 4.72. The molecular weight excluding hydrogens is 416 g/mol. The van der Waals surface area contributed by atoms with Gasteiger partial charge < -0.3 is 9.66 Å². The molecule has 1 N–H and O–H groups in total. The first-order valence-electron chi connectivity index (χ1n) is 6.73. The standard InChI is InChI=1S/C15H11BrN2O6S/c16-12-3-1-10(2-4-12)9-25(24)6-5-11-7-13(17(20)21)8-14(15(11)19)18(22)23/h1-8,19H,9H2. The Hall–Kier alpha value is -2.43. The van der Waals surface area contributed by atoms with Gasteiger partial charge in [0.25, 0.3) is 5.69 Å². The second-order valence-corrected chi connectivity index (χ2v) is 7.11. The topological polar surface area (TPSA) is 130 Å². The highest BCUT2D eigenvalue weighted by Gasteiger charge is 2.23. The summed E-state index contributed by atoms with van der Waals surface area (Å²) < 4.78 is 13.0. The average molecular weight is 427 g/mol. The van der Waals surface area contributed by atoms with Crippen molar-refractivity contribution < 1.29 is 19.5 Å². The van der Waals surface area contributed by atoms with Crippen molar-refractivity contribution in [1.82, 2.24) is 0 Å². The smallest absolute Gasteiger partial charge is 0.318 e. The number of benzene rings is 2. The van der Waals surface area contributed by atoms with Gasteiger partial charge in [-0.05, 0) is 29.4 Å². The normalized spacial score (nSPS) is 12.2. The van der Waals surface area contributed by atoms with Crippen molar-refractivity contribution in [2.75, 3.05) is 0 Å². The van der Waals surface area contributed by atoms with Crippen LogP contribution in [0, 0.1) is 20.2 Å². The summed E-state index contributed by atoms with van der Waals surface area (Å²) in [5, 5.41) is 32.9. The lowest BCUT2D eigenvalue weighted by molar-refractivity contribution is -0.394. The van der Waals surface area contributed by atoms with Crippen LogP contribution in [0.4, 0.5) is 11.4 Å². The van der Waals surface area contributed by atoms with Crippen LogP contribution in [0.3, 0.4) is 0 Å². The molecule has 0 aliphatic heterocycles. The molecule has 0 radical (unpaired) electrons. The number of phenolic OH excluding ortho intramolecular Hbond substituents is 1. The number of hydrogen-bond acceptors (Lipinski definition) is 6. The van der Waals surface area contributed by atoms with Gasteiger partial charge in [-0.3, -0.25) is 20.2 Å². The molecule has 1 atom stereocenters. The van der Waals surface area contributed by atoms with E-state index in [1.165, 1.54) is 11.5 Å². The molecule has 0 saturated carbocycles. The summed E-state index contributed by atoms with van der Waals surface area (Å²) in [5.41, 5.74) is -0.666. The first kappa shape index (κ1) is 18.9. The molecule has 0 heterocycles.